The van der Waals surface area contributed by atoms with Gasteiger partial charge in [-0.3, -0.25) is 4.90 Å². The fourth-order valence-electron chi connectivity index (χ4n) is 4.44. The van der Waals surface area contributed by atoms with Crippen molar-refractivity contribution >= 4 is 23.2 Å². The summed E-state index contributed by atoms with van der Waals surface area (Å²) in [5.74, 6) is 0.187. The van der Waals surface area contributed by atoms with Crippen molar-refractivity contribution in [3.63, 3.8) is 0 Å². The second kappa shape index (κ2) is 8.26. The van der Waals surface area contributed by atoms with Gasteiger partial charge in [-0.1, -0.05) is 11.6 Å². The summed E-state index contributed by atoms with van der Waals surface area (Å²) in [6.45, 7) is 6.18. The van der Waals surface area contributed by atoms with Crippen LogP contribution in [0.1, 0.15) is 52.4 Å². The molecule has 1 saturated carbocycles. The maximum atomic E-state index is 9.81. The van der Waals surface area contributed by atoms with Crippen LogP contribution in [0.3, 0.4) is 0 Å². The lowest BCUT2D eigenvalue weighted by atomic mass is 9.83. The molecule has 2 fully saturated rings. The number of alkyl halides is 2. The van der Waals surface area contributed by atoms with Gasteiger partial charge in [-0.2, -0.15) is 0 Å². The number of nitrogens with zero attached hydrogens (tertiary/aromatic N) is 1. The molecule has 0 aromatic rings. The van der Waals surface area contributed by atoms with Crippen molar-refractivity contribution in [2.45, 2.75) is 87.5 Å². The molecular formula is C19H31Cl2NO2. The molecule has 1 saturated heterocycles. The van der Waals surface area contributed by atoms with Crippen LogP contribution in [0, 0.1) is 5.92 Å². The van der Waals surface area contributed by atoms with Gasteiger partial charge in [0.1, 0.15) is 0 Å². The maximum Gasteiger partial charge on any atom is 0.0906 e. The summed E-state index contributed by atoms with van der Waals surface area (Å²) in [4.78, 5) is 2.58. The van der Waals surface area contributed by atoms with E-state index in [-0.39, 0.29) is 35.0 Å². The van der Waals surface area contributed by atoms with Gasteiger partial charge in [0.2, 0.25) is 0 Å². The van der Waals surface area contributed by atoms with Gasteiger partial charge < -0.3 is 9.84 Å². The molecule has 0 aromatic carbocycles. The van der Waals surface area contributed by atoms with Crippen LogP contribution in [0.25, 0.3) is 0 Å². The van der Waals surface area contributed by atoms with Crippen molar-refractivity contribution < 1.29 is 9.84 Å². The Hall–Kier alpha value is 0.200. The van der Waals surface area contributed by atoms with Crippen LogP contribution in [0.15, 0.2) is 11.6 Å². The molecule has 1 N–H and O–H groups in total. The Labute approximate surface area is 156 Å². The van der Waals surface area contributed by atoms with Crippen molar-refractivity contribution in [1.29, 1.82) is 0 Å². The van der Waals surface area contributed by atoms with Gasteiger partial charge in [0.05, 0.1) is 29.1 Å². The first kappa shape index (κ1) is 19.0. The zero-order valence-electron chi connectivity index (χ0n) is 14.8. The molecule has 0 radical (unpaired) electrons. The van der Waals surface area contributed by atoms with Gasteiger partial charge in [-0.15, -0.1) is 23.2 Å². The third kappa shape index (κ3) is 4.48. The van der Waals surface area contributed by atoms with Crippen LogP contribution in [-0.2, 0) is 4.74 Å². The number of rotatable bonds is 4. The monoisotopic (exact) mass is 375 g/mol. The highest BCUT2D eigenvalue weighted by molar-refractivity contribution is 6.24. The predicted molar refractivity (Wildman–Crippen MR) is 99.9 cm³/mol. The molecule has 5 unspecified atom stereocenters. The molecule has 0 aromatic heterocycles. The number of likely N-dealkylation sites (tertiary alicyclic amines) is 1. The SMILES string of the molecule is CC1=CCC(N2CCC(OC3C(Cl)CC(C(C)O)CC3Cl)C2)CC1. The van der Waals surface area contributed by atoms with Gasteiger partial charge >= 0.3 is 0 Å². The smallest absolute Gasteiger partial charge is 0.0906 e. The van der Waals surface area contributed by atoms with Crippen LogP contribution in [0.4, 0.5) is 0 Å². The number of aliphatic hydroxyl groups is 1. The average molecular weight is 376 g/mol. The van der Waals surface area contributed by atoms with Gasteiger partial charge in [-0.25, -0.2) is 0 Å². The topological polar surface area (TPSA) is 32.7 Å². The van der Waals surface area contributed by atoms with E-state index in [9.17, 15) is 5.11 Å². The van der Waals surface area contributed by atoms with Crippen LogP contribution in [-0.4, -0.2) is 58.2 Å². The molecular weight excluding hydrogens is 345 g/mol. The molecule has 24 heavy (non-hydrogen) atoms. The third-order valence-electron chi connectivity index (χ3n) is 6.10. The van der Waals surface area contributed by atoms with Crippen molar-refractivity contribution in [3.05, 3.63) is 11.6 Å². The van der Waals surface area contributed by atoms with Crippen LogP contribution >= 0.6 is 23.2 Å². The Morgan fingerprint density at radius 2 is 1.96 bits per heavy atom. The van der Waals surface area contributed by atoms with Crippen LogP contribution < -0.4 is 0 Å². The van der Waals surface area contributed by atoms with Gasteiger partial charge in [-0.05, 0) is 58.3 Å². The fraction of sp³-hybridized carbons (Fsp3) is 0.895. The van der Waals surface area contributed by atoms with E-state index in [1.54, 1.807) is 0 Å². The first-order valence-corrected chi connectivity index (χ1v) is 10.3. The first-order chi connectivity index (χ1) is 11.4. The number of hydrogen-bond acceptors (Lipinski definition) is 3. The van der Waals surface area contributed by atoms with E-state index in [0.717, 1.165) is 32.4 Å². The summed E-state index contributed by atoms with van der Waals surface area (Å²) in [6.07, 6.45) is 8.51. The molecule has 1 aliphatic heterocycles. The molecule has 3 aliphatic rings. The average Bonchev–Trinajstić information content (AvgIpc) is 3.00. The molecule has 5 atom stereocenters. The Bertz CT molecular complexity index is 445. The number of ether oxygens (including phenoxy) is 1. The van der Waals surface area contributed by atoms with Crippen molar-refractivity contribution in [1.82, 2.24) is 4.90 Å². The van der Waals surface area contributed by atoms with Crippen LogP contribution in [0.5, 0.6) is 0 Å². The van der Waals surface area contributed by atoms with E-state index < -0.39 is 0 Å². The summed E-state index contributed by atoms with van der Waals surface area (Å²) < 4.78 is 6.34. The predicted octanol–water partition coefficient (Wildman–Crippen LogP) is 3.95. The Morgan fingerprint density at radius 3 is 2.54 bits per heavy atom. The number of halogens is 2. The molecule has 1 heterocycles. The molecule has 138 valence electrons. The number of aliphatic hydroxyl groups excluding tert-OH is 1. The molecule has 3 nitrogen and oxygen atoms in total. The zero-order valence-corrected chi connectivity index (χ0v) is 16.3. The molecule has 0 spiro atoms. The molecule has 3 rings (SSSR count). The minimum Gasteiger partial charge on any atom is -0.393 e. The Kier molecular flexibility index (Phi) is 6.53. The zero-order chi connectivity index (χ0) is 17.3. The normalized spacial score (nSPS) is 42.8. The van der Waals surface area contributed by atoms with E-state index in [1.807, 2.05) is 6.92 Å². The standard InChI is InChI=1S/C19H31Cl2NO2/c1-12-3-5-15(6-4-12)22-8-7-16(11-22)24-19-17(20)9-14(13(2)23)10-18(19)21/h3,13-19,23H,4-11H2,1-2H3. The van der Waals surface area contributed by atoms with Gasteiger partial charge in [0.15, 0.2) is 0 Å². The van der Waals surface area contributed by atoms with E-state index in [2.05, 4.69) is 17.9 Å². The quantitative estimate of drug-likeness (QED) is 0.596. The Balaban J connectivity index is 1.50. The fourth-order valence-corrected chi connectivity index (χ4v) is 5.44. The number of hydrogen-bond donors (Lipinski definition) is 1. The highest BCUT2D eigenvalue weighted by Gasteiger charge is 2.41. The highest BCUT2D eigenvalue weighted by Crippen LogP contribution is 2.37. The van der Waals surface area contributed by atoms with Crippen molar-refractivity contribution in [2.75, 3.05) is 13.1 Å². The maximum absolute atomic E-state index is 9.81. The highest BCUT2D eigenvalue weighted by atomic mass is 35.5. The van der Waals surface area contributed by atoms with E-state index in [4.69, 9.17) is 27.9 Å². The van der Waals surface area contributed by atoms with E-state index in [0.29, 0.717) is 6.04 Å². The third-order valence-corrected chi connectivity index (χ3v) is 6.96. The molecule has 5 heteroatoms. The molecule has 0 bridgehead atoms. The number of allylic oxidation sites excluding steroid dienone is 1. The van der Waals surface area contributed by atoms with Crippen molar-refractivity contribution in [3.8, 4) is 0 Å². The van der Waals surface area contributed by atoms with Crippen LogP contribution in [0.2, 0.25) is 0 Å². The largest absolute Gasteiger partial charge is 0.393 e. The van der Waals surface area contributed by atoms with Crippen molar-refractivity contribution in [2.24, 2.45) is 5.92 Å². The lowest BCUT2D eigenvalue weighted by molar-refractivity contribution is -0.0372. The summed E-state index contributed by atoms with van der Waals surface area (Å²) in [5, 5.41) is 9.61. The Morgan fingerprint density at radius 1 is 1.25 bits per heavy atom. The summed E-state index contributed by atoms with van der Waals surface area (Å²) in [5.41, 5.74) is 1.53. The van der Waals surface area contributed by atoms with E-state index >= 15 is 0 Å². The summed E-state index contributed by atoms with van der Waals surface area (Å²) in [7, 11) is 0. The van der Waals surface area contributed by atoms with Gasteiger partial charge in [0, 0.05) is 19.1 Å². The summed E-state index contributed by atoms with van der Waals surface area (Å²) >= 11 is 13.1. The lowest BCUT2D eigenvalue weighted by Crippen LogP contribution is -2.45. The second-order valence-corrected chi connectivity index (χ2v) is 9.11. The lowest BCUT2D eigenvalue weighted by Gasteiger charge is -2.39. The molecule has 2 aliphatic carbocycles. The minimum atomic E-state index is -0.349. The molecule has 0 amide bonds. The second-order valence-electron chi connectivity index (χ2n) is 7.99. The van der Waals surface area contributed by atoms with E-state index in [1.165, 1.54) is 24.8 Å². The van der Waals surface area contributed by atoms with Gasteiger partial charge in [0.25, 0.3) is 0 Å². The first-order valence-electron chi connectivity index (χ1n) is 9.45. The summed E-state index contributed by atoms with van der Waals surface area (Å²) in [6, 6.07) is 0.673. The minimum absolute atomic E-state index is 0.0956.